The molecule has 23 heavy (non-hydrogen) atoms. The number of ketones is 1. The standard InChI is InChI=1S/C18H21O4P/c1-3-22-23(20,21)13-17(19)12-15-8-6-9-16(11-15)18-10-5-4-7-14(18)2/h4-11H,3,12-13H2,1-2H3,(H,20,21). The van der Waals surface area contributed by atoms with Crippen LogP contribution in [0.15, 0.2) is 48.5 Å². The minimum Gasteiger partial charge on any atom is -0.324 e. The molecule has 1 atom stereocenters. The maximum absolute atomic E-state index is 12.0. The number of hydrogen-bond donors (Lipinski definition) is 1. The van der Waals surface area contributed by atoms with Crippen LogP contribution in [0.3, 0.4) is 0 Å². The summed E-state index contributed by atoms with van der Waals surface area (Å²) in [6, 6.07) is 15.7. The molecular weight excluding hydrogens is 311 g/mol. The third kappa shape index (κ3) is 5.14. The maximum atomic E-state index is 12.0. The van der Waals surface area contributed by atoms with Gasteiger partial charge in [0.15, 0.2) is 0 Å². The second-order valence-electron chi connectivity index (χ2n) is 5.44. The van der Waals surface area contributed by atoms with Crippen LogP contribution in [0, 0.1) is 6.92 Å². The summed E-state index contributed by atoms with van der Waals surface area (Å²) in [7, 11) is -3.81. The van der Waals surface area contributed by atoms with Crippen molar-refractivity contribution in [3.8, 4) is 11.1 Å². The highest BCUT2D eigenvalue weighted by atomic mass is 31.2. The molecule has 0 heterocycles. The molecule has 2 aromatic carbocycles. The van der Waals surface area contributed by atoms with E-state index in [1.165, 1.54) is 0 Å². The van der Waals surface area contributed by atoms with Crippen LogP contribution in [0.2, 0.25) is 0 Å². The highest BCUT2D eigenvalue weighted by Gasteiger charge is 2.23. The molecule has 2 rings (SSSR count). The minimum absolute atomic E-state index is 0.115. The van der Waals surface area contributed by atoms with Crippen molar-refractivity contribution >= 4 is 13.4 Å². The van der Waals surface area contributed by atoms with Crippen molar-refractivity contribution in [2.45, 2.75) is 20.3 Å². The molecular formula is C18H21O4P. The minimum atomic E-state index is -3.81. The fourth-order valence-electron chi connectivity index (χ4n) is 2.50. The first-order valence-electron chi connectivity index (χ1n) is 7.54. The molecule has 0 spiro atoms. The van der Waals surface area contributed by atoms with Gasteiger partial charge in [0, 0.05) is 6.42 Å². The van der Waals surface area contributed by atoms with Gasteiger partial charge in [0.25, 0.3) is 0 Å². The Morgan fingerprint density at radius 3 is 2.61 bits per heavy atom. The second kappa shape index (κ2) is 7.69. The lowest BCUT2D eigenvalue weighted by molar-refractivity contribution is -0.116. The molecule has 5 heteroatoms. The Morgan fingerprint density at radius 1 is 1.17 bits per heavy atom. The average Bonchev–Trinajstić information content (AvgIpc) is 2.47. The second-order valence-corrected chi connectivity index (χ2v) is 7.29. The van der Waals surface area contributed by atoms with Gasteiger partial charge in [0.2, 0.25) is 0 Å². The number of Topliss-reactive ketones (excluding diaryl/α,β-unsaturated/α-hetero) is 1. The molecule has 1 N–H and O–H groups in total. The van der Waals surface area contributed by atoms with Gasteiger partial charge in [-0.05, 0) is 36.1 Å². The molecule has 0 aliphatic heterocycles. The molecule has 2 aromatic rings. The van der Waals surface area contributed by atoms with Crippen molar-refractivity contribution in [2.75, 3.05) is 12.8 Å². The molecule has 0 aliphatic carbocycles. The molecule has 0 bridgehead atoms. The normalized spacial score (nSPS) is 13.5. The van der Waals surface area contributed by atoms with Crippen molar-refractivity contribution < 1.29 is 18.8 Å². The number of carbonyl (C=O) groups is 1. The van der Waals surface area contributed by atoms with E-state index in [1.807, 2.05) is 55.5 Å². The Labute approximate surface area is 136 Å². The zero-order chi connectivity index (χ0) is 16.9. The summed E-state index contributed by atoms with van der Waals surface area (Å²) in [6.45, 7) is 3.78. The number of aryl methyl sites for hydroxylation is 1. The number of rotatable bonds is 7. The third-order valence-electron chi connectivity index (χ3n) is 3.49. The molecule has 4 nitrogen and oxygen atoms in total. The highest BCUT2D eigenvalue weighted by molar-refractivity contribution is 7.53. The van der Waals surface area contributed by atoms with Crippen LogP contribution in [-0.2, 0) is 20.3 Å². The molecule has 0 fully saturated rings. The van der Waals surface area contributed by atoms with E-state index in [1.54, 1.807) is 6.92 Å². The van der Waals surface area contributed by atoms with Crippen molar-refractivity contribution in [1.82, 2.24) is 0 Å². The van der Waals surface area contributed by atoms with E-state index in [9.17, 15) is 14.3 Å². The molecule has 0 amide bonds. The van der Waals surface area contributed by atoms with Gasteiger partial charge < -0.3 is 9.42 Å². The Kier molecular flexibility index (Phi) is 5.89. The molecule has 0 saturated carbocycles. The van der Waals surface area contributed by atoms with E-state index < -0.39 is 13.8 Å². The van der Waals surface area contributed by atoms with Crippen LogP contribution in [0.1, 0.15) is 18.1 Å². The quantitative estimate of drug-likeness (QED) is 0.779. The van der Waals surface area contributed by atoms with Crippen LogP contribution in [0.25, 0.3) is 11.1 Å². The van der Waals surface area contributed by atoms with Crippen LogP contribution in [0.5, 0.6) is 0 Å². The van der Waals surface area contributed by atoms with E-state index in [0.29, 0.717) is 0 Å². The fourth-order valence-corrected chi connectivity index (χ4v) is 3.55. The predicted molar refractivity (Wildman–Crippen MR) is 91.6 cm³/mol. The Bertz CT molecular complexity index is 739. The Hall–Kier alpha value is -1.74. The van der Waals surface area contributed by atoms with Crippen molar-refractivity contribution in [1.29, 1.82) is 0 Å². The topological polar surface area (TPSA) is 63.6 Å². The largest absolute Gasteiger partial charge is 0.335 e. The molecule has 0 saturated heterocycles. The zero-order valence-electron chi connectivity index (χ0n) is 13.4. The van der Waals surface area contributed by atoms with Gasteiger partial charge >= 0.3 is 7.60 Å². The van der Waals surface area contributed by atoms with Gasteiger partial charge in [0.1, 0.15) is 11.9 Å². The zero-order valence-corrected chi connectivity index (χ0v) is 14.3. The first-order chi connectivity index (χ1) is 10.9. The van der Waals surface area contributed by atoms with Gasteiger partial charge in [-0.1, -0.05) is 48.5 Å². The summed E-state index contributed by atoms with van der Waals surface area (Å²) < 4.78 is 16.4. The van der Waals surface area contributed by atoms with Crippen molar-refractivity contribution in [2.24, 2.45) is 0 Å². The maximum Gasteiger partial charge on any atom is 0.335 e. The van der Waals surface area contributed by atoms with Gasteiger partial charge in [0.05, 0.1) is 6.61 Å². The van der Waals surface area contributed by atoms with Gasteiger partial charge in [-0.15, -0.1) is 0 Å². The number of carbonyl (C=O) groups excluding carboxylic acids is 1. The predicted octanol–water partition coefficient (Wildman–Crippen LogP) is 4.00. The van der Waals surface area contributed by atoms with E-state index in [4.69, 9.17) is 4.52 Å². The monoisotopic (exact) mass is 332 g/mol. The lowest BCUT2D eigenvalue weighted by Gasteiger charge is -2.11. The van der Waals surface area contributed by atoms with Crippen LogP contribution < -0.4 is 0 Å². The van der Waals surface area contributed by atoms with E-state index in [2.05, 4.69) is 0 Å². The molecule has 0 aliphatic rings. The van der Waals surface area contributed by atoms with Gasteiger partial charge in [-0.2, -0.15) is 0 Å². The molecule has 1 unspecified atom stereocenters. The van der Waals surface area contributed by atoms with E-state index in [-0.39, 0.29) is 18.8 Å². The molecule has 122 valence electrons. The summed E-state index contributed by atoms with van der Waals surface area (Å²) in [5.41, 5.74) is 4.13. The third-order valence-corrected chi connectivity index (χ3v) is 4.91. The first-order valence-corrected chi connectivity index (χ1v) is 9.30. The lowest BCUT2D eigenvalue weighted by atomic mass is 9.98. The first kappa shape index (κ1) is 17.6. The Balaban J connectivity index is 2.13. The Morgan fingerprint density at radius 2 is 1.91 bits per heavy atom. The van der Waals surface area contributed by atoms with Crippen LogP contribution >= 0.6 is 7.60 Å². The SMILES string of the molecule is CCOP(=O)(O)CC(=O)Cc1cccc(-c2ccccc2C)c1. The van der Waals surface area contributed by atoms with E-state index >= 15 is 0 Å². The average molecular weight is 332 g/mol. The molecule has 0 radical (unpaired) electrons. The van der Waals surface area contributed by atoms with Crippen molar-refractivity contribution in [3.63, 3.8) is 0 Å². The van der Waals surface area contributed by atoms with Crippen molar-refractivity contribution in [3.05, 3.63) is 59.7 Å². The number of benzene rings is 2. The summed E-state index contributed by atoms with van der Waals surface area (Å²) in [6.07, 6.45) is -0.327. The summed E-state index contributed by atoms with van der Waals surface area (Å²) in [4.78, 5) is 21.5. The highest BCUT2D eigenvalue weighted by Crippen LogP contribution is 2.41. The van der Waals surface area contributed by atoms with Gasteiger partial charge in [-0.25, -0.2) is 0 Å². The molecule has 0 aromatic heterocycles. The summed E-state index contributed by atoms with van der Waals surface area (Å²) in [5, 5.41) is 0. The summed E-state index contributed by atoms with van der Waals surface area (Å²) >= 11 is 0. The smallest absolute Gasteiger partial charge is 0.324 e. The number of hydrogen-bond acceptors (Lipinski definition) is 3. The fraction of sp³-hybridized carbons (Fsp3) is 0.278. The van der Waals surface area contributed by atoms with Crippen LogP contribution in [0.4, 0.5) is 0 Å². The van der Waals surface area contributed by atoms with Crippen LogP contribution in [-0.4, -0.2) is 23.4 Å². The van der Waals surface area contributed by atoms with Gasteiger partial charge in [-0.3, -0.25) is 9.36 Å². The summed E-state index contributed by atoms with van der Waals surface area (Å²) in [5.74, 6) is -0.300. The van der Waals surface area contributed by atoms with E-state index in [0.717, 1.165) is 22.3 Å². The lowest BCUT2D eigenvalue weighted by Crippen LogP contribution is -2.10.